The van der Waals surface area contributed by atoms with Crippen LogP contribution in [0.3, 0.4) is 0 Å². The molecule has 2 N–H and O–H groups in total. The van der Waals surface area contributed by atoms with E-state index >= 15 is 0 Å². The van der Waals surface area contributed by atoms with Crippen molar-refractivity contribution in [2.75, 3.05) is 4.90 Å². The molecule has 134 valence electrons. The van der Waals surface area contributed by atoms with E-state index in [1.165, 1.54) is 0 Å². The standard InChI is InChI=1S/C20H14ClN3O3/c21-14-3-4-16-17(6-14)24(15-9-22-23-10-15)19(27)20(16)7-12-2-1-11(18(25)26)5-13(12)8-20/h1-6,9-10H,7-8H2,(H,22,23)(H,25,26)/t20-/m1/s1. The zero-order chi connectivity index (χ0) is 18.8. The van der Waals surface area contributed by atoms with E-state index < -0.39 is 11.4 Å². The van der Waals surface area contributed by atoms with Crippen LogP contribution in [0.5, 0.6) is 0 Å². The van der Waals surface area contributed by atoms with E-state index in [1.54, 1.807) is 41.6 Å². The molecule has 0 radical (unpaired) electrons. The molecule has 0 fully saturated rings. The number of aromatic amines is 1. The number of aromatic carboxylic acids is 1. The number of benzene rings is 2. The molecule has 2 aromatic carbocycles. The van der Waals surface area contributed by atoms with Crippen LogP contribution in [0, 0.1) is 0 Å². The molecule has 2 heterocycles. The first-order valence-corrected chi connectivity index (χ1v) is 8.86. The van der Waals surface area contributed by atoms with Gasteiger partial charge in [-0.05, 0) is 53.8 Å². The molecule has 27 heavy (non-hydrogen) atoms. The lowest BCUT2D eigenvalue weighted by molar-refractivity contribution is -0.122. The van der Waals surface area contributed by atoms with Crippen molar-refractivity contribution in [3.8, 4) is 0 Å². The third-order valence-corrected chi connectivity index (χ3v) is 5.74. The number of aromatic nitrogens is 2. The fraction of sp³-hybridized carbons (Fsp3) is 0.150. The maximum absolute atomic E-state index is 13.6. The predicted octanol–water partition coefficient (Wildman–Crippen LogP) is 3.48. The van der Waals surface area contributed by atoms with Gasteiger partial charge in [-0.15, -0.1) is 0 Å². The first kappa shape index (κ1) is 16.1. The van der Waals surface area contributed by atoms with Gasteiger partial charge in [0.1, 0.15) is 0 Å². The molecule has 1 spiro atoms. The average Bonchev–Trinajstić information content (AvgIpc) is 3.33. The minimum Gasteiger partial charge on any atom is -0.478 e. The Hall–Kier alpha value is -3.12. The monoisotopic (exact) mass is 379 g/mol. The smallest absolute Gasteiger partial charge is 0.335 e. The minimum atomic E-state index is -0.969. The lowest BCUT2D eigenvalue weighted by Crippen LogP contribution is -2.39. The number of hydrogen-bond acceptors (Lipinski definition) is 3. The summed E-state index contributed by atoms with van der Waals surface area (Å²) in [4.78, 5) is 26.6. The Balaban J connectivity index is 1.67. The summed E-state index contributed by atoms with van der Waals surface area (Å²) in [5.41, 5.74) is 3.70. The first-order valence-electron chi connectivity index (χ1n) is 8.48. The van der Waals surface area contributed by atoms with Gasteiger partial charge in [0.2, 0.25) is 5.91 Å². The largest absolute Gasteiger partial charge is 0.478 e. The highest BCUT2D eigenvalue weighted by Crippen LogP contribution is 2.52. The van der Waals surface area contributed by atoms with Crippen LogP contribution >= 0.6 is 11.6 Å². The van der Waals surface area contributed by atoms with Crippen LogP contribution < -0.4 is 4.90 Å². The Morgan fingerprint density at radius 2 is 2.00 bits per heavy atom. The lowest BCUT2D eigenvalue weighted by Gasteiger charge is -2.23. The molecular formula is C20H14ClN3O3. The van der Waals surface area contributed by atoms with E-state index in [0.717, 1.165) is 22.4 Å². The van der Waals surface area contributed by atoms with Crippen LogP contribution in [0.15, 0.2) is 48.8 Å². The van der Waals surface area contributed by atoms with Gasteiger partial charge < -0.3 is 5.11 Å². The molecule has 6 nitrogen and oxygen atoms in total. The summed E-state index contributed by atoms with van der Waals surface area (Å²) in [6, 6.07) is 10.6. The van der Waals surface area contributed by atoms with E-state index in [2.05, 4.69) is 10.2 Å². The van der Waals surface area contributed by atoms with Crippen molar-refractivity contribution in [3.63, 3.8) is 0 Å². The number of rotatable bonds is 2. The maximum Gasteiger partial charge on any atom is 0.335 e. The quantitative estimate of drug-likeness (QED) is 0.713. The van der Waals surface area contributed by atoms with Crippen LogP contribution in [0.4, 0.5) is 11.4 Å². The number of nitrogens with zero attached hydrogens (tertiary/aromatic N) is 2. The molecule has 5 rings (SSSR count). The molecule has 1 aromatic heterocycles. The van der Waals surface area contributed by atoms with Gasteiger partial charge in [-0.1, -0.05) is 23.7 Å². The maximum atomic E-state index is 13.6. The summed E-state index contributed by atoms with van der Waals surface area (Å²) in [6.45, 7) is 0. The molecule has 0 unspecified atom stereocenters. The fourth-order valence-corrected chi connectivity index (χ4v) is 4.47. The van der Waals surface area contributed by atoms with Gasteiger partial charge in [-0.2, -0.15) is 5.10 Å². The third kappa shape index (κ3) is 2.16. The number of H-pyrrole nitrogens is 1. The van der Waals surface area contributed by atoms with Gasteiger partial charge in [-0.25, -0.2) is 4.79 Å². The topological polar surface area (TPSA) is 86.3 Å². The van der Waals surface area contributed by atoms with E-state index in [1.807, 2.05) is 12.1 Å². The normalized spacial score (nSPS) is 20.2. The van der Waals surface area contributed by atoms with E-state index in [-0.39, 0.29) is 11.5 Å². The van der Waals surface area contributed by atoms with Gasteiger partial charge >= 0.3 is 5.97 Å². The summed E-state index contributed by atoms with van der Waals surface area (Å²) in [5, 5.41) is 16.5. The molecule has 0 saturated carbocycles. The molecule has 0 saturated heterocycles. The number of anilines is 2. The number of fused-ring (bicyclic) bond motifs is 3. The Labute approximate surface area is 159 Å². The second-order valence-electron chi connectivity index (χ2n) is 6.98. The Kier molecular flexibility index (Phi) is 3.24. The summed E-state index contributed by atoms with van der Waals surface area (Å²) < 4.78 is 0. The highest BCUT2D eigenvalue weighted by Gasteiger charge is 2.54. The third-order valence-electron chi connectivity index (χ3n) is 5.51. The van der Waals surface area contributed by atoms with Crippen molar-refractivity contribution < 1.29 is 14.7 Å². The van der Waals surface area contributed by atoms with Gasteiger partial charge in [0, 0.05) is 11.2 Å². The molecule has 0 bridgehead atoms. The van der Waals surface area contributed by atoms with E-state index in [0.29, 0.717) is 23.6 Å². The highest BCUT2D eigenvalue weighted by atomic mass is 35.5. The fourth-order valence-electron chi connectivity index (χ4n) is 4.31. The van der Waals surface area contributed by atoms with E-state index in [9.17, 15) is 14.7 Å². The number of hydrogen-bond donors (Lipinski definition) is 2. The second kappa shape index (κ2) is 5.44. The van der Waals surface area contributed by atoms with Crippen LogP contribution in [0.2, 0.25) is 5.02 Å². The highest BCUT2D eigenvalue weighted by molar-refractivity contribution is 6.31. The van der Waals surface area contributed by atoms with Crippen LogP contribution in [0.1, 0.15) is 27.0 Å². The van der Waals surface area contributed by atoms with Crippen LogP contribution in [-0.2, 0) is 23.1 Å². The molecule has 1 aliphatic heterocycles. The zero-order valence-corrected chi connectivity index (χ0v) is 14.8. The number of carboxylic acid groups (broad SMARTS) is 1. The van der Waals surface area contributed by atoms with Crippen molar-refractivity contribution in [3.05, 3.63) is 76.1 Å². The van der Waals surface area contributed by atoms with Crippen molar-refractivity contribution in [2.45, 2.75) is 18.3 Å². The SMILES string of the molecule is O=C(O)c1ccc2c(c1)C[C@@]1(C2)C(=O)N(c2cn[nH]c2)c2cc(Cl)ccc21. The second-order valence-corrected chi connectivity index (χ2v) is 7.42. The summed E-state index contributed by atoms with van der Waals surface area (Å²) in [5.74, 6) is -1.02. The molecule has 1 atom stereocenters. The average molecular weight is 380 g/mol. The number of carbonyl (C=O) groups is 2. The first-order chi connectivity index (χ1) is 13.0. The summed E-state index contributed by atoms with van der Waals surface area (Å²) >= 11 is 6.21. The number of carbonyl (C=O) groups excluding carboxylic acids is 1. The van der Waals surface area contributed by atoms with Crippen LogP contribution in [0.25, 0.3) is 0 Å². The van der Waals surface area contributed by atoms with Gasteiger partial charge in [0.15, 0.2) is 0 Å². The number of halogens is 1. The van der Waals surface area contributed by atoms with Crippen molar-refractivity contribution in [2.24, 2.45) is 0 Å². The Morgan fingerprint density at radius 3 is 2.74 bits per heavy atom. The van der Waals surface area contributed by atoms with Crippen molar-refractivity contribution in [1.29, 1.82) is 0 Å². The summed E-state index contributed by atoms with van der Waals surface area (Å²) in [6.07, 6.45) is 4.27. The van der Waals surface area contributed by atoms with Crippen LogP contribution in [-0.4, -0.2) is 27.2 Å². The molecule has 1 amide bonds. The van der Waals surface area contributed by atoms with Gasteiger partial charge in [-0.3, -0.25) is 14.8 Å². The molecule has 3 aromatic rings. The summed E-state index contributed by atoms with van der Waals surface area (Å²) in [7, 11) is 0. The van der Waals surface area contributed by atoms with E-state index in [4.69, 9.17) is 11.6 Å². The number of amides is 1. The molecule has 7 heteroatoms. The Morgan fingerprint density at radius 1 is 1.19 bits per heavy atom. The number of nitrogens with one attached hydrogen (secondary N) is 1. The van der Waals surface area contributed by atoms with Crippen molar-refractivity contribution in [1.82, 2.24) is 10.2 Å². The number of carboxylic acids is 1. The Bertz CT molecular complexity index is 1110. The molecular weight excluding hydrogens is 366 g/mol. The minimum absolute atomic E-state index is 0.0470. The lowest BCUT2D eigenvalue weighted by atomic mass is 9.79. The zero-order valence-electron chi connectivity index (χ0n) is 14.1. The van der Waals surface area contributed by atoms with Crippen molar-refractivity contribution >= 4 is 34.9 Å². The predicted molar refractivity (Wildman–Crippen MR) is 99.7 cm³/mol. The van der Waals surface area contributed by atoms with Gasteiger partial charge in [0.25, 0.3) is 0 Å². The van der Waals surface area contributed by atoms with Gasteiger partial charge in [0.05, 0.1) is 28.6 Å². The molecule has 1 aliphatic carbocycles. The molecule has 2 aliphatic rings.